The molecule has 0 bridgehead atoms. The lowest BCUT2D eigenvalue weighted by molar-refractivity contribution is -0.384. The number of phenolic OH excluding ortho intramolecular Hbond substituents is 1. The van der Waals surface area contributed by atoms with Crippen LogP contribution in [-0.2, 0) is 4.79 Å². The molecule has 0 fully saturated rings. The Kier molecular flexibility index (Phi) is 3.62. The number of halogens is 1. The summed E-state index contributed by atoms with van der Waals surface area (Å²) in [6, 6.07) is 3.51. The van der Waals surface area contributed by atoms with Crippen molar-refractivity contribution in [3.05, 3.63) is 28.3 Å². The van der Waals surface area contributed by atoms with Gasteiger partial charge in [0.1, 0.15) is 11.4 Å². The largest absolute Gasteiger partial charge is 0.508 e. The molecule has 0 saturated carbocycles. The van der Waals surface area contributed by atoms with E-state index in [0.717, 1.165) is 6.07 Å². The van der Waals surface area contributed by atoms with Crippen LogP contribution in [0.1, 0.15) is 0 Å². The number of rotatable bonds is 3. The number of benzene rings is 1. The van der Waals surface area contributed by atoms with Gasteiger partial charge >= 0.3 is 0 Å². The molecule has 80 valence electrons. The molecule has 0 aliphatic rings. The Hall–Kier alpha value is -1.63. The fourth-order valence-electron chi connectivity index (χ4n) is 0.960. The lowest BCUT2D eigenvalue weighted by Crippen LogP contribution is -2.13. The van der Waals surface area contributed by atoms with Gasteiger partial charge in [0.05, 0.1) is 16.3 Å². The molecule has 0 radical (unpaired) electrons. The van der Waals surface area contributed by atoms with Gasteiger partial charge in [-0.1, -0.05) is 15.9 Å². The second kappa shape index (κ2) is 4.74. The fraction of sp³-hybridized carbons (Fsp3) is 0.125. The van der Waals surface area contributed by atoms with Crippen LogP contribution in [0.2, 0.25) is 0 Å². The van der Waals surface area contributed by atoms with Gasteiger partial charge in [0.2, 0.25) is 5.91 Å². The first-order valence-electron chi connectivity index (χ1n) is 3.88. The van der Waals surface area contributed by atoms with E-state index in [1.54, 1.807) is 0 Å². The van der Waals surface area contributed by atoms with Crippen molar-refractivity contribution >= 4 is 33.2 Å². The van der Waals surface area contributed by atoms with Crippen molar-refractivity contribution in [3.63, 3.8) is 0 Å². The van der Waals surface area contributed by atoms with Crippen molar-refractivity contribution < 1.29 is 14.8 Å². The third-order valence-electron chi connectivity index (χ3n) is 1.57. The number of nitrogens with zero attached hydrogens (tertiary/aromatic N) is 1. The number of alkyl halides is 1. The number of carbonyl (C=O) groups excluding carboxylic acids is 1. The van der Waals surface area contributed by atoms with Gasteiger partial charge in [-0.2, -0.15) is 0 Å². The number of aromatic hydroxyl groups is 1. The summed E-state index contributed by atoms with van der Waals surface area (Å²) in [6.07, 6.45) is 0. The predicted molar refractivity (Wildman–Crippen MR) is 57.2 cm³/mol. The van der Waals surface area contributed by atoms with Crippen molar-refractivity contribution in [2.24, 2.45) is 0 Å². The van der Waals surface area contributed by atoms with Crippen molar-refractivity contribution in [1.82, 2.24) is 0 Å². The van der Waals surface area contributed by atoms with Crippen LogP contribution in [0.3, 0.4) is 0 Å². The first-order valence-corrected chi connectivity index (χ1v) is 5.00. The lowest BCUT2D eigenvalue weighted by atomic mass is 10.2. The SMILES string of the molecule is O=C(CBr)Nc1ccc(O)cc1[N+](=O)[O-]. The molecule has 0 heterocycles. The number of carbonyl (C=O) groups is 1. The van der Waals surface area contributed by atoms with Gasteiger partial charge in [-0.25, -0.2) is 0 Å². The highest BCUT2D eigenvalue weighted by atomic mass is 79.9. The number of amides is 1. The molecule has 0 spiro atoms. The molecular weight excluding hydrogens is 268 g/mol. The summed E-state index contributed by atoms with van der Waals surface area (Å²) in [6.45, 7) is 0. The molecule has 1 rings (SSSR count). The van der Waals surface area contributed by atoms with Gasteiger partial charge in [0, 0.05) is 0 Å². The third-order valence-corrected chi connectivity index (χ3v) is 2.08. The highest BCUT2D eigenvalue weighted by Gasteiger charge is 2.15. The zero-order valence-electron chi connectivity index (χ0n) is 7.44. The van der Waals surface area contributed by atoms with E-state index in [0.29, 0.717) is 0 Å². The number of phenols is 1. The Bertz CT molecular complexity index is 408. The van der Waals surface area contributed by atoms with E-state index in [4.69, 9.17) is 5.11 Å². The average Bonchev–Trinajstić information content (AvgIpc) is 2.20. The first kappa shape index (κ1) is 11.4. The number of nitro benzene ring substituents is 1. The van der Waals surface area contributed by atoms with E-state index < -0.39 is 10.8 Å². The summed E-state index contributed by atoms with van der Waals surface area (Å²) < 4.78 is 0. The summed E-state index contributed by atoms with van der Waals surface area (Å²) in [5.41, 5.74) is -0.286. The van der Waals surface area contributed by atoms with Crippen LogP contribution in [0, 0.1) is 10.1 Å². The van der Waals surface area contributed by atoms with Gasteiger partial charge in [-0.05, 0) is 12.1 Å². The van der Waals surface area contributed by atoms with Crippen molar-refractivity contribution in [2.45, 2.75) is 0 Å². The smallest absolute Gasteiger partial charge is 0.296 e. The third kappa shape index (κ3) is 2.91. The molecule has 0 aromatic heterocycles. The van der Waals surface area contributed by atoms with Gasteiger partial charge in [0.25, 0.3) is 5.69 Å². The molecule has 1 amide bonds. The molecule has 15 heavy (non-hydrogen) atoms. The van der Waals surface area contributed by atoms with Crippen LogP contribution in [0.25, 0.3) is 0 Å². The Balaban J connectivity index is 3.06. The topological polar surface area (TPSA) is 92.5 Å². The van der Waals surface area contributed by atoms with Crippen LogP contribution in [0.5, 0.6) is 5.75 Å². The summed E-state index contributed by atoms with van der Waals surface area (Å²) in [5.74, 6) is -0.623. The van der Waals surface area contributed by atoms with Crippen LogP contribution in [0.4, 0.5) is 11.4 Å². The second-order valence-electron chi connectivity index (χ2n) is 2.64. The zero-order valence-corrected chi connectivity index (χ0v) is 9.02. The Labute approximate surface area is 93.2 Å². The van der Waals surface area contributed by atoms with E-state index in [1.807, 2.05) is 0 Å². The molecule has 0 aliphatic carbocycles. The fourth-order valence-corrected chi connectivity index (χ4v) is 1.10. The van der Waals surface area contributed by atoms with E-state index in [9.17, 15) is 14.9 Å². The summed E-state index contributed by atoms with van der Waals surface area (Å²) in [4.78, 5) is 20.9. The molecule has 0 atom stereocenters. The maximum absolute atomic E-state index is 11.0. The molecule has 0 unspecified atom stereocenters. The molecular formula is C8H7BrN2O4. The van der Waals surface area contributed by atoms with Crippen molar-refractivity contribution in [2.75, 3.05) is 10.6 Å². The Morgan fingerprint density at radius 2 is 2.27 bits per heavy atom. The van der Waals surface area contributed by atoms with Gasteiger partial charge in [0.15, 0.2) is 0 Å². The molecule has 2 N–H and O–H groups in total. The van der Waals surface area contributed by atoms with E-state index in [-0.39, 0.29) is 22.5 Å². The minimum absolute atomic E-state index is 0.0467. The van der Waals surface area contributed by atoms with Crippen molar-refractivity contribution in [3.8, 4) is 5.75 Å². The lowest BCUT2D eigenvalue weighted by Gasteiger charge is -2.04. The Morgan fingerprint density at radius 3 is 2.80 bits per heavy atom. The summed E-state index contributed by atoms with van der Waals surface area (Å²) in [7, 11) is 0. The van der Waals surface area contributed by atoms with E-state index >= 15 is 0 Å². The van der Waals surface area contributed by atoms with Crippen LogP contribution < -0.4 is 5.32 Å². The minimum Gasteiger partial charge on any atom is -0.508 e. The van der Waals surface area contributed by atoms with Gasteiger partial charge in [-0.3, -0.25) is 14.9 Å². The predicted octanol–water partition coefficient (Wildman–Crippen LogP) is 1.63. The van der Waals surface area contributed by atoms with Crippen molar-refractivity contribution in [1.29, 1.82) is 0 Å². The second-order valence-corrected chi connectivity index (χ2v) is 3.20. The normalized spacial score (nSPS) is 9.67. The Morgan fingerprint density at radius 1 is 1.60 bits per heavy atom. The highest BCUT2D eigenvalue weighted by Crippen LogP contribution is 2.28. The number of hydrogen-bond donors (Lipinski definition) is 2. The quantitative estimate of drug-likeness (QED) is 0.379. The molecule has 0 aliphatic heterocycles. The molecule has 1 aromatic carbocycles. The van der Waals surface area contributed by atoms with Crippen LogP contribution in [-0.4, -0.2) is 21.3 Å². The molecule has 6 nitrogen and oxygen atoms in total. The van der Waals surface area contributed by atoms with E-state index in [1.165, 1.54) is 12.1 Å². The summed E-state index contributed by atoms with van der Waals surface area (Å²) in [5, 5.41) is 22.0. The van der Waals surface area contributed by atoms with Crippen LogP contribution >= 0.6 is 15.9 Å². The number of anilines is 1. The monoisotopic (exact) mass is 274 g/mol. The van der Waals surface area contributed by atoms with Gasteiger partial charge < -0.3 is 10.4 Å². The molecule has 0 saturated heterocycles. The maximum Gasteiger partial charge on any atom is 0.296 e. The zero-order chi connectivity index (χ0) is 11.4. The number of hydrogen-bond acceptors (Lipinski definition) is 4. The van der Waals surface area contributed by atoms with Crippen LogP contribution in [0.15, 0.2) is 18.2 Å². The maximum atomic E-state index is 11.0. The standard InChI is InChI=1S/C8H7BrN2O4/c9-4-8(13)10-6-2-1-5(12)3-7(6)11(14)15/h1-3,12H,4H2,(H,10,13). The summed E-state index contributed by atoms with van der Waals surface area (Å²) >= 11 is 2.92. The van der Waals surface area contributed by atoms with E-state index in [2.05, 4.69) is 21.2 Å². The number of nitrogens with one attached hydrogen (secondary N) is 1. The molecule has 7 heteroatoms. The number of nitro groups is 1. The average molecular weight is 275 g/mol. The first-order chi connectivity index (χ1) is 7.04. The molecule has 1 aromatic rings. The minimum atomic E-state index is -0.677. The highest BCUT2D eigenvalue weighted by molar-refractivity contribution is 9.09. The van der Waals surface area contributed by atoms with Gasteiger partial charge in [-0.15, -0.1) is 0 Å².